The van der Waals surface area contributed by atoms with Gasteiger partial charge < -0.3 is 10.2 Å². The average molecular weight is 424 g/mol. The van der Waals surface area contributed by atoms with Crippen molar-refractivity contribution in [1.29, 1.82) is 0 Å². The van der Waals surface area contributed by atoms with Crippen molar-refractivity contribution in [2.45, 2.75) is 26.3 Å². The normalized spacial score (nSPS) is 15.6. The maximum Gasteiger partial charge on any atom is 0.274 e. The molecule has 1 unspecified atom stereocenters. The van der Waals surface area contributed by atoms with Gasteiger partial charge in [0.2, 0.25) is 0 Å². The van der Waals surface area contributed by atoms with Crippen LogP contribution in [0.1, 0.15) is 37.8 Å². The van der Waals surface area contributed by atoms with Crippen molar-refractivity contribution in [1.82, 2.24) is 15.2 Å². The Morgan fingerprint density at radius 3 is 2.63 bits per heavy atom. The lowest BCUT2D eigenvalue weighted by atomic mass is 10.0. The molecule has 0 radical (unpaired) electrons. The number of amides is 2. The molecule has 1 aliphatic rings. The lowest BCUT2D eigenvalue weighted by molar-refractivity contribution is 0.0451. The number of hydrogen-bond acceptors (Lipinski definition) is 4. The highest BCUT2D eigenvalue weighted by Gasteiger charge is 2.35. The van der Waals surface area contributed by atoms with E-state index in [1.54, 1.807) is 23.1 Å². The molecule has 1 atom stereocenters. The molecule has 30 heavy (non-hydrogen) atoms. The number of benzene rings is 2. The number of thiazole rings is 1. The van der Waals surface area contributed by atoms with Crippen LogP contribution in [0.25, 0.3) is 10.4 Å². The van der Waals surface area contributed by atoms with Crippen LogP contribution in [0.2, 0.25) is 0 Å². The SMILES string of the molecule is Cc1cccc(C(=O)NCC2CCN2C(=O)c2nc(C)sc2-c2ccc(F)cc2)c1. The Hall–Kier alpha value is -3.06. The molecule has 7 heteroatoms. The molecule has 5 nitrogen and oxygen atoms in total. The van der Waals surface area contributed by atoms with Crippen LogP contribution in [0.3, 0.4) is 0 Å². The summed E-state index contributed by atoms with van der Waals surface area (Å²) in [4.78, 5) is 32.5. The second kappa shape index (κ2) is 8.36. The Balaban J connectivity index is 1.45. The van der Waals surface area contributed by atoms with Gasteiger partial charge in [-0.25, -0.2) is 9.37 Å². The second-order valence-electron chi connectivity index (χ2n) is 7.44. The molecule has 2 aromatic carbocycles. The van der Waals surface area contributed by atoms with Crippen molar-refractivity contribution < 1.29 is 14.0 Å². The minimum atomic E-state index is -0.319. The van der Waals surface area contributed by atoms with Crippen molar-refractivity contribution in [2.24, 2.45) is 0 Å². The molecule has 1 aliphatic heterocycles. The summed E-state index contributed by atoms with van der Waals surface area (Å²) in [5, 5.41) is 3.71. The van der Waals surface area contributed by atoms with Crippen molar-refractivity contribution >= 4 is 23.2 Å². The van der Waals surface area contributed by atoms with Gasteiger partial charge >= 0.3 is 0 Å². The minimum Gasteiger partial charge on any atom is -0.350 e. The third kappa shape index (κ3) is 4.11. The summed E-state index contributed by atoms with van der Waals surface area (Å²) in [6.45, 7) is 4.82. The number of carbonyl (C=O) groups is 2. The van der Waals surface area contributed by atoms with Gasteiger partial charge in [-0.2, -0.15) is 0 Å². The second-order valence-corrected chi connectivity index (χ2v) is 8.64. The standard InChI is InChI=1S/C23H22FN3O2S/c1-14-4-3-5-17(12-14)22(28)25-13-19-10-11-27(19)23(29)20-21(30-15(2)26-20)16-6-8-18(24)9-7-16/h3-9,12,19H,10-11,13H2,1-2H3,(H,25,28). The van der Waals surface area contributed by atoms with E-state index in [-0.39, 0.29) is 23.7 Å². The van der Waals surface area contributed by atoms with Crippen LogP contribution in [0.15, 0.2) is 48.5 Å². The summed E-state index contributed by atoms with van der Waals surface area (Å²) in [6.07, 6.45) is 0.828. The molecule has 1 N–H and O–H groups in total. The number of aromatic nitrogens is 1. The fraction of sp³-hybridized carbons (Fsp3) is 0.261. The van der Waals surface area contributed by atoms with Crippen molar-refractivity contribution in [3.8, 4) is 10.4 Å². The molecule has 1 aromatic heterocycles. The summed E-state index contributed by atoms with van der Waals surface area (Å²) in [5.74, 6) is -0.616. The predicted molar refractivity (Wildman–Crippen MR) is 115 cm³/mol. The molecule has 2 heterocycles. The molecule has 2 amide bonds. The van der Waals surface area contributed by atoms with Gasteiger partial charge in [-0.1, -0.05) is 29.8 Å². The van der Waals surface area contributed by atoms with Crippen LogP contribution in [-0.4, -0.2) is 40.8 Å². The molecule has 4 rings (SSSR count). The largest absolute Gasteiger partial charge is 0.350 e. The van der Waals surface area contributed by atoms with Crippen LogP contribution >= 0.6 is 11.3 Å². The Morgan fingerprint density at radius 1 is 1.20 bits per heavy atom. The lowest BCUT2D eigenvalue weighted by Gasteiger charge is -2.40. The van der Waals surface area contributed by atoms with Gasteiger partial charge in [-0.15, -0.1) is 11.3 Å². The average Bonchev–Trinajstić information content (AvgIpc) is 3.09. The number of carbonyl (C=O) groups excluding carboxylic acids is 2. The Labute approximate surface area is 178 Å². The van der Waals surface area contributed by atoms with Crippen LogP contribution in [0.4, 0.5) is 4.39 Å². The fourth-order valence-electron chi connectivity index (χ4n) is 3.52. The van der Waals surface area contributed by atoms with Crippen LogP contribution in [0, 0.1) is 19.7 Å². The van der Waals surface area contributed by atoms with Crippen LogP contribution in [0.5, 0.6) is 0 Å². The van der Waals surface area contributed by atoms with Crippen LogP contribution in [-0.2, 0) is 0 Å². The first kappa shape index (κ1) is 20.2. The fourth-order valence-corrected chi connectivity index (χ4v) is 4.44. The van der Waals surface area contributed by atoms with Crippen molar-refractivity contribution in [2.75, 3.05) is 13.1 Å². The minimum absolute atomic E-state index is 0.0608. The van der Waals surface area contributed by atoms with Crippen LogP contribution < -0.4 is 5.32 Å². The molecule has 3 aromatic rings. The summed E-state index contributed by atoms with van der Waals surface area (Å²) in [6, 6.07) is 13.4. The third-order valence-corrected chi connectivity index (χ3v) is 6.25. The molecular formula is C23H22FN3O2S. The predicted octanol–water partition coefficient (Wildman–Crippen LogP) is 4.21. The molecule has 0 aliphatic carbocycles. The zero-order chi connectivity index (χ0) is 21.3. The van der Waals surface area contributed by atoms with Gasteiger partial charge in [0.1, 0.15) is 11.5 Å². The zero-order valence-corrected chi connectivity index (χ0v) is 17.6. The highest BCUT2D eigenvalue weighted by atomic mass is 32.1. The van der Waals surface area contributed by atoms with Gasteiger partial charge in [0.05, 0.1) is 15.9 Å². The quantitative estimate of drug-likeness (QED) is 0.669. The topological polar surface area (TPSA) is 62.3 Å². The van der Waals surface area contributed by atoms with Gasteiger partial charge in [0.25, 0.3) is 11.8 Å². The number of nitrogens with one attached hydrogen (secondary N) is 1. The van der Waals surface area contributed by atoms with E-state index in [9.17, 15) is 14.0 Å². The number of hydrogen-bond donors (Lipinski definition) is 1. The Bertz CT molecular complexity index is 1090. The van der Waals surface area contributed by atoms with Gasteiger partial charge in [-0.3, -0.25) is 9.59 Å². The molecule has 0 saturated carbocycles. The number of rotatable bonds is 5. The van der Waals surface area contributed by atoms with E-state index in [0.717, 1.165) is 27.4 Å². The van der Waals surface area contributed by atoms with E-state index in [1.807, 2.05) is 32.0 Å². The number of likely N-dealkylation sites (tertiary alicyclic amines) is 1. The van der Waals surface area contributed by atoms with Gasteiger partial charge in [0, 0.05) is 18.7 Å². The summed E-state index contributed by atoms with van der Waals surface area (Å²) < 4.78 is 13.3. The third-order valence-electron chi connectivity index (χ3n) is 5.23. The highest BCUT2D eigenvalue weighted by Crippen LogP contribution is 2.32. The van der Waals surface area contributed by atoms with E-state index in [4.69, 9.17) is 0 Å². The maximum absolute atomic E-state index is 13.3. The first-order valence-corrected chi connectivity index (χ1v) is 10.6. The molecule has 1 fully saturated rings. The first-order valence-electron chi connectivity index (χ1n) is 9.81. The molecule has 154 valence electrons. The van der Waals surface area contributed by atoms with Gasteiger partial charge in [-0.05, 0) is 50.1 Å². The number of nitrogens with zero attached hydrogens (tertiary/aromatic N) is 2. The van der Waals surface area contributed by atoms with Crippen molar-refractivity contribution in [3.63, 3.8) is 0 Å². The molecule has 1 saturated heterocycles. The molecule has 0 spiro atoms. The highest BCUT2D eigenvalue weighted by molar-refractivity contribution is 7.15. The number of aryl methyl sites for hydroxylation is 2. The monoisotopic (exact) mass is 423 g/mol. The number of halogens is 1. The Kier molecular flexibility index (Phi) is 5.63. The van der Waals surface area contributed by atoms with E-state index in [1.165, 1.54) is 23.5 Å². The van der Waals surface area contributed by atoms with Gasteiger partial charge in [0.15, 0.2) is 0 Å². The molecule has 0 bridgehead atoms. The van der Waals surface area contributed by atoms with E-state index in [0.29, 0.717) is 24.3 Å². The summed E-state index contributed by atoms with van der Waals surface area (Å²) in [7, 11) is 0. The summed E-state index contributed by atoms with van der Waals surface area (Å²) >= 11 is 1.42. The van der Waals surface area contributed by atoms with E-state index in [2.05, 4.69) is 10.3 Å². The summed E-state index contributed by atoms with van der Waals surface area (Å²) in [5.41, 5.74) is 2.80. The van der Waals surface area contributed by atoms with Crippen molar-refractivity contribution in [3.05, 3.63) is 76.2 Å². The smallest absolute Gasteiger partial charge is 0.274 e. The first-order chi connectivity index (χ1) is 14.4. The Morgan fingerprint density at radius 2 is 1.97 bits per heavy atom. The van der Waals surface area contributed by atoms with E-state index < -0.39 is 0 Å². The maximum atomic E-state index is 13.3. The van der Waals surface area contributed by atoms with E-state index >= 15 is 0 Å². The zero-order valence-electron chi connectivity index (χ0n) is 16.8. The lowest BCUT2D eigenvalue weighted by Crippen LogP contribution is -2.56. The molecular weight excluding hydrogens is 401 g/mol.